The van der Waals surface area contributed by atoms with Crippen molar-refractivity contribution in [1.82, 2.24) is 0 Å². The molecular formula is C16H16F3N. The van der Waals surface area contributed by atoms with Crippen LogP contribution in [0.5, 0.6) is 0 Å². The van der Waals surface area contributed by atoms with Crippen LogP contribution in [-0.4, -0.2) is 6.04 Å². The Morgan fingerprint density at radius 3 is 2.25 bits per heavy atom. The second-order valence-corrected chi connectivity index (χ2v) is 4.94. The predicted octanol–water partition coefficient (Wildman–Crippen LogP) is 3.52. The molecule has 2 N–H and O–H groups in total. The Hall–Kier alpha value is -1.81. The minimum atomic E-state index is -0.587. The van der Waals surface area contributed by atoms with Gasteiger partial charge in [0.25, 0.3) is 0 Å². The van der Waals surface area contributed by atoms with Crippen LogP contribution in [0.3, 0.4) is 0 Å². The fourth-order valence-electron chi connectivity index (χ4n) is 2.23. The Kier molecular flexibility index (Phi) is 4.45. The van der Waals surface area contributed by atoms with Crippen molar-refractivity contribution in [2.24, 2.45) is 5.73 Å². The van der Waals surface area contributed by atoms with Crippen molar-refractivity contribution in [2.45, 2.75) is 25.8 Å². The van der Waals surface area contributed by atoms with E-state index in [0.29, 0.717) is 6.42 Å². The van der Waals surface area contributed by atoms with Gasteiger partial charge in [0.15, 0.2) is 0 Å². The van der Waals surface area contributed by atoms with E-state index in [1.807, 2.05) is 0 Å². The molecule has 0 amide bonds. The first-order valence-electron chi connectivity index (χ1n) is 6.41. The third kappa shape index (κ3) is 3.39. The summed E-state index contributed by atoms with van der Waals surface area (Å²) in [6.07, 6.45) is 0.551. The van der Waals surface area contributed by atoms with Crippen LogP contribution in [-0.2, 0) is 12.8 Å². The summed E-state index contributed by atoms with van der Waals surface area (Å²) in [4.78, 5) is 0. The van der Waals surface area contributed by atoms with Crippen LogP contribution in [0.15, 0.2) is 36.4 Å². The standard InChI is InChI=1S/C16H16F3N/c1-10-7-12(17)6-5-11(10)8-13(20)9-14-15(18)3-2-4-16(14)19/h2-7,13H,8-9,20H2,1H3. The van der Waals surface area contributed by atoms with Gasteiger partial charge in [0.2, 0.25) is 0 Å². The lowest BCUT2D eigenvalue weighted by molar-refractivity contribution is 0.533. The summed E-state index contributed by atoms with van der Waals surface area (Å²) in [5.41, 5.74) is 7.63. The summed E-state index contributed by atoms with van der Waals surface area (Å²) >= 11 is 0. The molecule has 0 aliphatic carbocycles. The molecule has 20 heavy (non-hydrogen) atoms. The van der Waals surface area contributed by atoms with Crippen LogP contribution in [0, 0.1) is 24.4 Å². The van der Waals surface area contributed by atoms with Gasteiger partial charge in [-0.05, 0) is 55.2 Å². The molecule has 4 heteroatoms. The van der Waals surface area contributed by atoms with Gasteiger partial charge >= 0.3 is 0 Å². The lowest BCUT2D eigenvalue weighted by Crippen LogP contribution is -2.27. The van der Waals surface area contributed by atoms with E-state index in [1.165, 1.54) is 30.3 Å². The van der Waals surface area contributed by atoms with Crippen LogP contribution in [0.1, 0.15) is 16.7 Å². The van der Waals surface area contributed by atoms with Gasteiger partial charge in [0.1, 0.15) is 17.5 Å². The van der Waals surface area contributed by atoms with E-state index in [-0.39, 0.29) is 17.8 Å². The number of rotatable bonds is 4. The highest BCUT2D eigenvalue weighted by Crippen LogP contribution is 2.17. The Morgan fingerprint density at radius 2 is 1.65 bits per heavy atom. The molecule has 1 nitrogen and oxygen atoms in total. The van der Waals surface area contributed by atoms with E-state index in [9.17, 15) is 13.2 Å². The largest absolute Gasteiger partial charge is 0.327 e. The number of halogens is 3. The summed E-state index contributed by atoms with van der Waals surface area (Å²) in [5, 5.41) is 0. The molecule has 0 heterocycles. The maximum Gasteiger partial charge on any atom is 0.129 e. The van der Waals surface area contributed by atoms with E-state index < -0.39 is 17.7 Å². The fraction of sp³-hybridized carbons (Fsp3) is 0.250. The zero-order valence-electron chi connectivity index (χ0n) is 11.2. The molecule has 2 aromatic rings. The van der Waals surface area contributed by atoms with Crippen molar-refractivity contribution >= 4 is 0 Å². The molecule has 0 spiro atoms. The topological polar surface area (TPSA) is 26.0 Å². The van der Waals surface area contributed by atoms with Gasteiger partial charge in [-0.15, -0.1) is 0 Å². The van der Waals surface area contributed by atoms with Gasteiger partial charge in [-0.1, -0.05) is 12.1 Å². The smallest absolute Gasteiger partial charge is 0.129 e. The normalized spacial score (nSPS) is 12.4. The number of benzene rings is 2. The molecule has 0 fully saturated rings. The third-order valence-electron chi connectivity index (χ3n) is 3.31. The van der Waals surface area contributed by atoms with Gasteiger partial charge in [-0.3, -0.25) is 0 Å². The molecule has 106 valence electrons. The van der Waals surface area contributed by atoms with Gasteiger partial charge in [0, 0.05) is 11.6 Å². The van der Waals surface area contributed by atoms with Crippen molar-refractivity contribution in [1.29, 1.82) is 0 Å². The zero-order valence-corrected chi connectivity index (χ0v) is 11.2. The van der Waals surface area contributed by atoms with Crippen molar-refractivity contribution in [3.8, 4) is 0 Å². The fourth-order valence-corrected chi connectivity index (χ4v) is 2.23. The van der Waals surface area contributed by atoms with Crippen LogP contribution >= 0.6 is 0 Å². The lowest BCUT2D eigenvalue weighted by Gasteiger charge is -2.14. The van der Waals surface area contributed by atoms with Gasteiger partial charge in [-0.2, -0.15) is 0 Å². The van der Waals surface area contributed by atoms with Crippen molar-refractivity contribution in [3.63, 3.8) is 0 Å². The summed E-state index contributed by atoms with van der Waals surface area (Å²) in [7, 11) is 0. The Morgan fingerprint density at radius 1 is 1.00 bits per heavy atom. The minimum absolute atomic E-state index is 0.000218. The third-order valence-corrected chi connectivity index (χ3v) is 3.31. The quantitative estimate of drug-likeness (QED) is 0.910. The van der Waals surface area contributed by atoms with E-state index in [4.69, 9.17) is 5.73 Å². The molecule has 0 saturated heterocycles. The average Bonchev–Trinajstić information content (AvgIpc) is 2.37. The minimum Gasteiger partial charge on any atom is -0.327 e. The molecule has 0 bridgehead atoms. The highest BCUT2D eigenvalue weighted by Gasteiger charge is 2.14. The molecule has 1 atom stereocenters. The molecule has 2 aromatic carbocycles. The molecule has 0 aromatic heterocycles. The Bertz CT molecular complexity index is 590. The number of hydrogen-bond acceptors (Lipinski definition) is 1. The first kappa shape index (κ1) is 14.6. The van der Waals surface area contributed by atoms with Crippen molar-refractivity contribution in [2.75, 3.05) is 0 Å². The Balaban J connectivity index is 2.11. The number of aryl methyl sites for hydroxylation is 1. The zero-order chi connectivity index (χ0) is 14.7. The highest BCUT2D eigenvalue weighted by molar-refractivity contribution is 5.28. The molecule has 0 radical (unpaired) electrons. The average molecular weight is 279 g/mol. The van der Waals surface area contributed by atoms with Crippen LogP contribution in [0.4, 0.5) is 13.2 Å². The highest BCUT2D eigenvalue weighted by atomic mass is 19.1. The predicted molar refractivity (Wildman–Crippen MR) is 72.9 cm³/mol. The first-order valence-corrected chi connectivity index (χ1v) is 6.41. The SMILES string of the molecule is Cc1cc(F)ccc1CC(N)Cc1c(F)cccc1F. The van der Waals surface area contributed by atoms with Gasteiger partial charge < -0.3 is 5.73 Å². The molecular weight excluding hydrogens is 263 g/mol. The van der Waals surface area contributed by atoms with E-state index in [1.54, 1.807) is 13.0 Å². The maximum absolute atomic E-state index is 13.5. The first-order chi connectivity index (χ1) is 9.47. The molecule has 0 aliphatic rings. The summed E-state index contributed by atoms with van der Waals surface area (Å²) in [6.45, 7) is 1.79. The summed E-state index contributed by atoms with van der Waals surface area (Å²) in [5.74, 6) is -1.48. The monoisotopic (exact) mass is 279 g/mol. The van der Waals surface area contributed by atoms with Crippen LogP contribution in [0.2, 0.25) is 0 Å². The van der Waals surface area contributed by atoms with E-state index in [2.05, 4.69) is 0 Å². The van der Waals surface area contributed by atoms with E-state index in [0.717, 1.165) is 11.1 Å². The maximum atomic E-state index is 13.5. The Labute approximate surface area is 116 Å². The van der Waals surface area contributed by atoms with E-state index >= 15 is 0 Å². The molecule has 0 saturated carbocycles. The summed E-state index contributed by atoms with van der Waals surface area (Å²) < 4.78 is 40.1. The number of nitrogens with two attached hydrogens (primary N) is 1. The molecule has 0 aliphatic heterocycles. The second-order valence-electron chi connectivity index (χ2n) is 4.94. The number of hydrogen-bond donors (Lipinski definition) is 1. The molecule has 2 rings (SSSR count). The van der Waals surface area contributed by atoms with Gasteiger partial charge in [-0.25, -0.2) is 13.2 Å². The second kappa shape index (κ2) is 6.09. The molecule has 1 unspecified atom stereocenters. The van der Waals surface area contributed by atoms with Crippen LogP contribution in [0.25, 0.3) is 0 Å². The summed E-state index contributed by atoms with van der Waals surface area (Å²) in [6, 6.07) is 7.77. The van der Waals surface area contributed by atoms with Crippen LogP contribution < -0.4 is 5.73 Å². The van der Waals surface area contributed by atoms with Crippen molar-refractivity contribution < 1.29 is 13.2 Å². The van der Waals surface area contributed by atoms with Crippen molar-refractivity contribution in [3.05, 3.63) is 70.5 Å². The lowest BCUT2D eigenvalue weighted by atomic mass is 9.96. The van der Waals surface area contributed by atoms with Gasteiger partial charge in [0.05, 0.1) is 0 Å².